The van der Waals surface area contributed by atoms with Crippen molar-refractivity contribution >= 4 is 17.3 Å². The van der Waals surface area contributed by atoms with Gasteiger partial charge in [-0.1, -0.05) is 18.7 Å². The number of nitrogens with zero attached hydrogens (tertiary/aromatic N) is 1. The molecule has 0 fully saturated rings. The number of halogens is 4. The summed E-state index contributed by atoms with van der Waals surface area (Å²) in [5, 5.41) is 9.55. The lowest BCUT2D eigenvalue weighted by Crippen LogP contribution is -2.39. The molecule has 0 aliphatic carbocycles. The van der Waals surface area contributed by atoms with Crippen LogP contribution in [-0.2, 0) is 0 Å². The number of primary amides is 1. The third-order valence-electron chi connectivity index (χ3n) is 3.91. The van der Waals surface area contributed by atoms with E-state index < -0.39 is 47.4 Å². The second-order valence-corrected chi connectivity index (χ2v) is 5.79. The van der Waals surface area contributed by atoms with E-state index in [0.29, 0.717) is 11.0 Å². The largest absolute Gasteiger partial charge is 0.392 e. The SMILES string of the molecule is C=C(/C(=C\C=C(/N)N(C(N)=O)c1c(F)cccc1F)CO)c1ccc(F)cc1F. The van der Waals surface area contributed by atoms with Gasteiger partial charge in [0.1, 0.15) is 34.8 Å². The Bertz CT molecular complexity index is 999. The van der Waals surface area contributed by atoms with Crippen molar-refractivity contribution < 1.29 is 27.5 Å². The molecule has 0 bridgehead atoms. The summed E-state index contributed by atoms with van der Waals surface area (Å²) in [6.07, 6.45) is 2.20. The minimum atomic E-state index is -1.26. The molecule has 0 atom stereocenters. The van der Waals surface area contributed by atoms with Crippen molar-refractivity contribution in [3.63, 3.8) is 0 Å². The highest BCUT2D eigenvalue weighted by atomic mass is 19.1. The molecule has 29 heavy (non-hydrogen) atoms. The van der Waals surface area contributed by atoms with E-state index in [1.807, 2.05) is 0 Å². The summed E-state index contributed by atoms with van der Waals surface area (Å²) >= 11 is 0. The molecule has 0 saturated heterocycles. The van der Waals surface area contributed by atoms with Crippen molar-refractivity contribution in [1.82, 2.24) is 0 Å². The zero-order valence-electron chi connectivity index (χ0n) is 15.0. The van der Waals surface area contributed by atoms with Crippen LogP contribution in [0.2, 0.25) is 0 Å². The van der Waals surface area contributed by atoms with E-state index in [-0.39, 0.29) is 16.7 Å². The Balaban J connectivity index is 2.44. The van der Waals surface area contributed by atoms with Crippen molar-refractivity contribution in [3.05, 3.63) is 95.4 Å². The monoisotopic (exact) mass is 407 g/mol. The number of benzene rings is 2. The first-order valence-electron chi connectivity index (χ1n) is 8.12. The van der Waals surface area contributed by atoms with Gasteiger partial charge in [0, 0.05) is 11.6 Å². The smallest absolute Gasteiger partial charge is 0.325 e. The molecule has 2 amide bonds. The molecule has 0 aliphatic rings. The van der Waals surface area contributed by atoms with Gasteiger partial charge in [-0.05, 0) is 41.5 Å². The topological polar surface area (TPSA) is 92.6 Å². The summed E-state index contributed by atoms with van der Waals surface area (Å²) in [6.45, 7) is 3.02. The Morgan fingerprint density at radius 2 is 1.66 bits per heavy atom. The van der Waals surface area contributed by atoms with Crippen LogP contribution in [0, 0.1) is 23.3 Å². The number of hydrogen-bond acceptors (Lipinski definition) is 3. The van der Waals surface area contributed by atoms with E-state index in [4.69, 9.17) is 11.5 Å². The predicted molar refractivity (Wildman–Crippen MR) is 101 cm³/mol. The predicted octanol–water partition coefficient (Wildman–Crippen LogP) is 3.56. The Morgan fingerprint density at radius 3 is 2.17 bits per heavy atom. The maximum Gasteiger partial charge on any atom is 0.325 e. The second-order valence-electron chi connectivity index (χ2n) is 5.79. The van der Waals surface area contributed by atoms with Crippen LogP contribution >= 0.6 is 0 Å². The lowest BCUT2D eigenvalue weighted by atomic mass is 9.99. The number of aliphatic hydroxyl groups excluding tert-OH is 1. The lowest BCUT2D eigenvalue weighted by molar-refractivity contribution is 0.255. The number of rotatable bonds is 6. The molecule has 5 N–H and O–H groups in total. The average Bonchev–Trinajstić information content (AvgIpc) is 2.64. The molecule has 0 saturated carbocycles. The van der Waals surface area contributed by atoms with E-state index in [1.54, 1.807) is 0 Å². The highest BCUT2D eigenvalue weighted by Gasteiger charge is 2.23. The quantitative estimate of drug-likeness (QED) is 0.505. The van der Waals surface area contributed by atoms with Gasteiger partial charge in [0.15, 0.2) is 0 Å². The number of aliphatic hydroxyl groups is 1. The molecule has 0 spiro atoms. The number of amides is 2. The summed E-state index contributed by atoms with van der Waals surface area (Å²) in [6, 6.07) is 4.45. The summed E-state index contributed by atoms with van der Waals surface area (Å²) in [5.41, 5.74) is 10.1. The Kier molecular flexibility index (Phi) is 6.79. The molecule has 0 unspecified atom stereocenters. The van der Waals surface area contributed by atoms with Crippen molar-refractivity contribution in [3.8, 4) is 0 Å². The maximum atomic E-state index is 14.0. The third kappa shape index (κ3) is 4.82. The zero-order chi connectivity index (χ0) is 21.7. The fraction of sp³-hybridized carbons (Fsp3) is 0.0500. The number of urea groups is 1. The molecule has 9 heteroatoms. The normalized spacial score (nSPS) is 12.0. The molecule has 2 aromatic carbocycles. The van der Waals surface area contributed by atoms with Crippen LogP contribution in [0.4, 0.5) is 28.0 Å². The van der Waals surface area contributed by atoms with Gasteiger partial charge in [0.05, 0.1) is 6.61 Å². The highest BCUT2D eigenvalue weighted by molar-refractivity contribution is 5.94. The number of carbonyl (C=O) groups excluding carboxylic acids is 1. The first-order chi connectivity index (χ1) is 13.7. The van der Waals surface area contributed by atoms with E-state index in [0.717, 1.165) is 42.5 Å². The fourth-order valence-electron chi connectivity index (χ4n) is 2.49. The third-order valence-corrected chi connectivity index (χ3v) is 3.91. The summed E-state index contributed by atoms with van der Waals surface area (Å²) in [4.78, 5) is 12.1. The standard InChI is InChI=1S/C20H17F4N3O2/c1-11(14-7-6-13(21)9-17(14)24)12(10-28)5-8-18(25)27(20(26)29)19-15(22)3-2-4-16(19)23/h2-9,28H,1,10,25H2,(H2,26,29)/b12-5-,18-8+. The van der Waals surface area contributed by atoms with Gasteiger partial charge in [-0.15, -0.1) is 0 Å². The number of allylic oxidation sites excluding steroid dienone is 2. The number of nitrogens with two attached hydrogens (primary N) is 2. The molecule has 0 aromatic heterocycles. The maximum absolute atomic E-state index is 14.0. The number of anilines is 1. The number of hydrogen-bond donors (Lipinski definition) is 3. The molecule has 2 aromatic rings. The van der Waals surface area contributed by atoms with Gasteiger partial charge in [0.25, 0.3) is 0 Å². The Labute approximate surface area is 163 Å². The van der Waals surface area contributed by atoms with Crippen LogP contribution < -0.4 is 16.4 Å². The average molecular weight is 407 g/mol. The summed E-state index contributed by atoms with van der Waals surface area (Å²) < 4.78 is 55.0. The van der Waals surface area contributed by atoms with Gasteiger partial charge >= 0.3 is 6.03 Å². The van der Waals surface area contributed by atoms with Crippen LogP contribution in [0.5, 0.6) is 0 Å². The first kappa shape index (κ1) is 21.7. The molecular weight excluding hydrogens is 390 g/mol. The minimum Gasteiger partial charge on any atom is -0.392 e. The molecule has 0 aliphatic heterocycles. The Morgan fingerprint density at radius 1 is 1.03 bits per heavy atom. The summed E-state index contributed by atoms with van der Waals surface area (Å²) in [5.74, 6) is -4.33. The van der Waals surface area contributed by atoms with Gasteiger partial charge in [0.2, 0.25) is 0 Å². The van der Waals surface area contributed by atoms with E-state index >= 15 is 0 Å². The van der Waals surface area contributed by atoms with Crippen molar-refractivity contribution in [2.45, 2.75) is 0 Å². The molecule has 5 nitrogen and oxygen atoms in total. The molecule has 0 heterocycles. The zero-order valence-corrected chi connectivity index (χ0v) is 15.0. The van der Waals surface area contributed by atoms with Crippen LogP contribution in [-0.4, -0.2) is 17.7 Å². The van der Waals surface area contributed by atoms with Crippen LogP contribution in [0.3, 0.4) is 0 Å². The summed E-state index contributed by atoms with van der Waals surface area (Å²) in [7, 11) is 0. The van der Waals surface area contributed by atoms with Crippen molar-refractivity contribution in [1.29, 1.82) is 0 Å². The molecular formula is C20H17F4N3O2. The van der Waals surface area contributed by atoms with Gasteiger partial charge in [-0.3, -0.25) is 0 Å². The minimum absolute atomic E-state index is 0.0109. The van der Waals surface area contributed by atoms with E-state index in [9.17, 15) is 27.5 Å². The Hall–Kier alpha value is -3.59. The lowest BCUT2D eigenvalue weighted by Gasteiger charge is -2.21. The van der Waals surface area contributed by atoms with Crippen LogP contribution in [0.15, 0.2) is 66.5 Å². The second kappa shape index (κ2) is 9.07. The van der Waals surface area contributed by atoms with E-state index in [1.165, 1.54) is 0 Å². The van der Waals surface area contributed by atoms with Gasteiger partial charge in [-0.25, -0.2) is 27.3 Å². The fourth-order valence-corrected chi connectivity index (χ4v) is 2.49. The van der Waals surface area contributed by atoms with Crippen molar-refractivity contribution in [2.75, 3.05) is 11.5 Å². The van der Waals surface area contributed by atoms with Gasteiger partial charge < -0.3 is 16.6 Å². The van der Waals surface area contributed by atoms with E-state index in [2.05, 4.69) is 6.58 Å². The number of para-hydroxylation sites is 1. The highest BCUT2D eigenvalue weighted by Crippen LogP contribution is 2.27. The molecule has 0 radical (unpaired) electrons. The van der Waals surface area contributed by atoms with Crippen LogP contribution in [0.25, 0.3) is 5.57 Å². The molecule has 152 valence electrons. The van der Waals surface area contributed by atoms with Gasteiger partial charge in [-0.2, -0.15) is 0 Å². The molecule has 2 rings (SSSR count). The first-order valence-corrected chi connectivity index (χ1v) is 8.12. The number of carbonyl (C=O) groups is 1. The van der Waals surface area contributed by atoms with Crippen LogP contribution in [0.1, 0.15) is 5.56 Å². The van der Waals surface area contributed by atoms with Crippen molar-refractivity contribution in [2.24, 2.45) is 11.5 Å².